The molecule has 1 aromatic rings. The Labute approximate surface area is 126 Å². The average Bonchev–Trinajstić information content (AvgIpc) is 2.98. The van der Waals surface area contributed by atoms with Gasteiger partial charge in [-0.05, 0) is 58.0 Å². The Morgan fingerprint density at radius 2 is 1.71 bits per heavy atom. The molecule has 1 N–H and O–H groups in total. The lowest BCUT2D eigenvalue weighted by atomic mass is 9.98. The molecule has 0 aromatic carbocycles. The van der Waals surface area contributed by atoms with Gasteiger partial charge in [-0.3, -0.25) is 0 Å². The van der Waals surface area contributed by atoms with E-state index in [-0.39, 0.29) is 0 Å². The van der Waals surface area contributed by atoms with Crippen molar-refractivity contribution >= 4 is 5.97 Å². The number of carboxylic acids is 1. The molecule has 3 heterocycles. The van der Waals surface area contributed by atoms with E-state index in [1.54, 1.807) is 6.07 Å². The fraction of sp³-hybridized carbons (Fsp3) is 0.688. The van der Waals surface area contributed by atoms with E-state index in [2.05, 4.69) is 16.8 Å². The zero-order valence-corrected chi connectivity index (χ0v) is 12.7. The van der Waals surface area contributed by atoms with Crippen LogP contribution in [0.15, 0.2) is 18.3 Å². The second kappa shape index (κ2) is 6.20. The maximum atomic E-state index is 11.2. The Morgan fingerprint density at radius 3 is 2.33 bits per heavy atom. The minimum absolute atomic E-state index is 0.341. The molecule has 2 saturated heterocycles. The van der Waals surface area contributed by atoms with E-state index in [1.165, 1.54) is 25.9 Å². The molecule has 0 spiro atoms. The fourth-order valence-corrected chi connectivity index (χ4v) is 3.78. The Bertz CT molecular complexity index is 483. The van der Waals surface area contributed by atoms with Crippen LogP contribution >= 0.6 is 0 Å². The summed E-state index contributed by atoms with van der Waals surface area (Å²) in [4.78, 5) is 16.3. The van der Waals surface area contributed by atoms with Gasteiger partial charge in [-0.15, -0.1) is 0 Å². The Balaban J connectivity index is 1.57. The van der Waals surface area contributed by atoms with Gasteiger partial charge < -0.3 is 19.5 Å². The monoisotopic (exact) mass is 291 g/mol. The van der Waals surface area contributed by atoms with Gasteiger partial charge >= 0.3 is 5.97 Å². The SMILES string of the molecule is CN1CCC(N2CCC(n3cccc3C(=O)O)CC2)CC1. The van der Waals surface area contributed by atoms with E-state index < -0.39 is 5.97 Å². The normalized spacial score (nSPS) is 23.5. The highest BCUT2D eigenvalue weighted by atomic mass is 16.4. The third kappa shape index (κ3) is 3.14. The van der Waals surface area contributed by atoms with Crippen molar-refractivity contribution in [2.24, 2.45) is 0 Å². The van der Waals surface area contributed by atoms with E-state index in [9.17, 15) is 9.90 Å². The minimum atomic E-state index is -0.822. The predicted octanol–water partition coefficient (Wildman–Crippen LogP) is 1.92. The molecule has 0 atom stereocenters. The summed E-state index contributed by atoms with van der Waals surface area (Å²) in [5.74, 6) is -0.822. The highest BCUT2D eigenvalue weighted by Crippen LogP contribution is 2.27. The summed E-state index contributed by atoms with van der Waals surface area (Å²) in [6.45, 7) is 4.59. The molecule has 0 unspecified atom stereocenters. The fourth-order valence-electron chi connectivity index (χ4n) is 3.78. The summed E-state index contributed by atoms with van der Waals surface area (Å²) in [7, 11) is 2.20. The first-order valence-electron chi connectivity index (χ1n) is 7.98. The van der Waals surface area contributed by atoms with Crippen molar-refractivity contribution in [2.45, 2.75) is 37.8 Å². The van der Waals surface area contributed by atoms with E-state index in [4.69, 9.17) is 0 Å². The molecule has 0 saturated carbocycles. The van der Waals surface area contributed by atoms with Crippen LogP contribution in [0.2, 0.25) is 0 Å². The molecular weight excluding hydrogens is 266 g/mol. The van der Waals surface area contributed by atoms with Gasteiger partial charge in [0.1, 0.15) is 5.69 Å². The van der Waals surface area contributed by atoms with Gasteiger partial charge in [0.2, 0.25) is 0 Å². The topological polar surface area (TPSA) is 48.7 Å². The second-order valence-electron chi connectivity index (χ2n) is 6.41. The molecule has 21 heavy (non-hydrogen) atoms. The number of aromatic carboxylic acids is 1. The van der Waals surface area contributed by atoms with Crippen molar-refractivity contribution < 1.29 is 9.90 Å². The van der Waals surface area contributed by atoms with Crippen LogP contribution in [0.4, 0.5) is 0 Å². The van der Waals surface area contributed by atoms with Crippen LogP contribution in [0.3, 0.4) is 0 Å². The number of nitrogens with zero attached hydrogens (tertiary/aromatic N) is 3. The van der Waals surface area contributed by atoms with Crippen LogP contribution in [0, 0.1) is 0 Å². The molecule has 0 aliphatic carbocycles. The number of hydrogen-bond acceptors (Lipinski definition) is 3. The second-order valence-corrected chi connectivity index (χ2v) is 6.41. The molecule has 3 rings (SSSR count). The zero-order valence-electron chi connectivity index (χ0n) is 12.7. The molecule has 2 fully saturated rings. The van der Waals surface area contributed by atoms with Gasteiger partial charge in [-0.25, -0.2) is 4.79 Å². The van der Waals surface area contributed by atoms with Gasteiger partial charge in [0, 0.05) is 31.4 Å². The lowest BCUT2D eigenvalue weighted by Gasteiger charge is -2.41. The number of piperidine rings is 2. The van der Waals surface area contributed by atoms with Crippen molar-refractivity contribution in [3.8, 4) is 0 Å². The Morgan fingerprint density at radius 1 is 1.10 bits per heavy atom. The van der Waals surface area contributed by atoms with E-state index in [0.717, 1.165) is 32.0 Å². The lowest BCUT2D eigenvalue weighted by molar-refractivity contribution is 0.0665. The smallest absolute Gasteiger partial charge is 0.352 e. The summed E-state index contributed by atoms with van der Waals surface area (Å²) >= 11 is 0. The van der Waals surface area contributed by atoms with Crippen molar-refractivity contribution in [3.63, 3.8) is 0 Å². The Hall–Kier alpha value is -1.33. The molecule has 2 aliphatic heterocycles. The van der Waals surface area contributed by atoms with E-state index >= 15 is 0 Å². The van der Waals surface area contributed by atoms with Crippen LogP contribution in [0.5, 0.6) is 0 Å². The van der Waals surface area contributed by atoms with Gasteiger partial charge in [0.05, 0.1) is 0 Å². The van der Waals surface area contributed by atoms with Gasteiger partial charge in [0.15, 0.2) is 0 Å². The summed E-state index contributed by atoms with van der Waals surface area (Å²) in [6.07, 6.45) is 6.57. The first kappa shape index (κ1) is 14.6. The number of aromatic nitrogens is 1. The molecular formula is C16H25N3O2. The van der Waals surface area contributed by atoms with Crippen molar-refractivity contribution in [1.29, 1.82) is 0 Å². The van der Waals surface area contributed by atoms with E-state index in [0.29, 0.717) is 11.7 Å². The minimum Gasteiger partial charge on any atom is -0.477 e. The van der Waals surface area contributed by atoms with Crippen LogP contribution in [-0.2, 0) is 0 Å². The third-order valence-electron chi connectivity index (χ3n) is 5.10. The number of carboxylic acid groups (broad SMARTS) is 1. The molecule has 0 radical (unpaired) electrons. The standard InChI is InChI=1S/C16H25N3O2/c1-17-9-4-13(5-10-17)18-11-6-14(7-12-18)19-8-2-3-15(19)16(20)21/h2-3,8,13-14H,4-7,9-12H2,1H3,(H,20,21). The number of carbonyl (C=O) groups is 1. The first-order chi connectivity index (χ1) is 10.1. The van der Waals surface area contributed by atoms with E-state index in [1.807, 2.05) is 16.8 Å². The highest BCUT2D eigenvalue weighted by Gasteiger charge is 2.28. The first-order valence-corrected chi connectivity index (χ1v) is 7.98. The quantitative estimate of drug-likeness (QED) is 0.924. The van der Waals surface area contributed by atoms with Crippen LogP contribution in [-0.4, -0.2) is 64.7 Å². The third-order valence-corrected chi connectivity index (χ3v) is 5.10. The maximum absolute atomic E-state index is 11.2. The van der Waals surface area contributed by atoms with Gasteiger partial charge in [-0.1, -0.05) is 0 Å². The summed E-state index contributed by atoms with van der Waals surface area (Å²) in [5, 5.41) is 9.23. The molecule has 5 heteroatoms. The molecule has 2 aliphatic rings. The molecule has 5 nitrogen and oxygen atoms in total. The van der Waals surface area contributed by atoms with Crippen LogP contribution in [0.25, 0.3) is 0 Å². The summed E-state index contributed by atoms with van der Waals surface area (Å²) in [5.41, 5.74) is 0.424. The maximum Gasteiger partial charge on any atom is 0.352 e. The molecule has 0 bridgehead atoms. The number of hydrogen-bond donors (Lipinski definition) is 1. The number of likely N-dealkylation sites (tertiary alicyclic amines) is 2. The largest absolute Gasteiger partial charge is 0.477 e. The van der Waals surface area contributed by atoms with Gasteiger partial charge in [0.25, 0.3) is 0 Å². The lowest BCUT2D eigenvalue weighted by Crippen LogP contribution is -2.47. The van der Waals surface area contributed by atoms with Crippen molar-refractivity contribution in [3.05, 3.63) is 24.0 Å². The number of rotatable bonds is 3. The average molecular weight is 291 g/mol. The summed E-state index contributed by atoms with van der Waals surface area (Å²) < 4.78 is 1.95. The zero-order chi connectivity index (χ0) is 14.8. The van der Waals surface area contributed by atoms with Crippen molar-refractivity contribution in [1.82, 2.24) is 14.4 Å². The molecule has 1 aromatic heterocycles. The summed E-state index contributed by atoms with van der Waals surface area (Å²) in [6, 6.07) is 4.61. The van der Waals surface area contributed by atoms with Crippen LogP contribution < -0.4 is 0 Å². The molecule has 116 valence electrons. The molecule has 0 amide bonds. The predicted molar refractivity (Wildman–Crippen MR) is 81.8 cm³/mol. The Kier molecular flexibility index (Phi) is 4.31. The highest BCUT2D eigenvalue weighted by molar-refractivity contribution is 5.85. The van der Waals surface area contributed by atoms with Crippen LogP contribution in [0.1, 0.15) is 42.2 Å². The van der Waals surface area contributed by atoms with Gasteiger partial charge in [-0.2, -0.15) is 0 Å². The van der Waals surface area contributed by atoms with Crippen molar-refractivity contribution in [2.75, 3.05) is 33.2 Å².